The number of halogens is 6. The van der Waals surface area contributed by atoms with Gasteiger partial charge in [-0.2, -0.15) is 26.3 Å². The van der Waals surface area contributed by atoms with Crippen LogP contribution in [-0.4, -0.2) is 28.4 Å². The zero-order valence-corrected chi connectivity index (χ0v) is 15.1. The van der Waals surface area contributed by atoms with Gasteiger partial charge in [0.05, 0.1) is 5.56 Å². The van der Waals surface area contributed by atoms with Crippen LogP contribution in [0.25, 0.3) is 22.6 Å². The number of fused-ring (bicyclic) bond motifs is 1. The highest BCUT2D eigenvalue weighted by Crippen LogP contribution is 2.36. The normalized spacial score (nSPS) is 17.8. The number of oxazole rings is 1. The fraction of sp³-hybridized carbons (Fsp3) is 0.250. The molecule has 1 atom stereocenters. The first kappa shape index (κ1) is 20.1. The Labute approximate surface area is 166 Å². The van der Waals surface area contributed by atoms with Crippen molar-refractivity contribution in [1.29, 1.82) is 0 Å². The fourth-order valence-corrected chi connectivity index (χ4v) is 3.23. The van der Waals surface area contributed by atoms with E-state index < -0.39 is 29.5 Å². The number of hydrogen-bond acceptors (Lipinski definition) is 4. The van der Waals surface area contributed by atoms with E-state index in [9.17, 15) is 26.3 Å². The van der Waals surface area contributed by atoms with Gasteiger partial charge in [0.1, 0.15) is 11.2 Å². The number of nitrogens with zero attached hydrogens (tertiary/aromatic N) is 3. The Hall–Kier alpha value is -3.17. The third-order valence-electron chi connectivity index (χ3n) is 4.71. The van der Waals surface area contributed by atoms with E-state index in [0.29, 0.717) is 11.1 Å². The SMILES string of the molecule is FC(F)(F)C1=NCC(c2cnccc2-c2nc3cc(C(F)(F)F)ccc3o2)CC=C1. The van der Waals surface area contributed by atoms with E-state index in [4.69, 9.17) is 4.42 Å². The van der Waals surface area contributed by atoms with Crippen molar-refractivity contribution >= 4 is 16.8 Å². The molecule has 4 nitrogen and oxygen atoms in total. The second-order valence-electron chi connectivity index (χ2n) is 6.72. The first-order valence-electron chi connectivity index (χ1n) is 8.83. The largest absolute Gasteiger partial charge is 0.436 e. The Kier molecular flexibility index (Phi) is 4.87. The minimum atomic E-state index is -4.54. The van der Waals surface area contributed by atoms with E-state index in [2.05, 4.69) is 15.0 Å². The summed E-state index contributed by atoms with van der Waals surface area (Å²) in [5.74, 6) is -0.361. The maximum Gasteiger partial charge on any atom is 0.432 e. The third-order valence-corrected chi connectivity index (χ3v) is 4.71. The summed E-state index contributed by atoms with van der Waals surface area (Å²) in [7, 11) is 0. The summed E-state index contributed by atoms with van der Waals surface area (Å²) in [6.45, 7) is -0.126. The van der Waals surface area contributed by atoms with Gasteiger partial charge in [0.15, 0.2) is 5.58 Å². The van der Waals surface area contributed by atoms with Crippen molar-refractivity contribution in [3.05, 3.63) is 59.9 Å². The molecule has 0 spiro atoms. The average Bonchev–Trinajstić information content (AvgIpc) is 2.93. The lowest BCUT2D eigenvalue weighted by Gasteiger charge is -2.15. The van der Waals surface area contributed by atoms with E-state index in [1.165, 1.54) is 24.5 Å². The van der Waals surface area contributed by atoms with Crippen molar-refractivity contribution in [1.82, 2.24) is 9.97 Å². The first-order valence-corrected chi connectivity index (χ1v) is 8.83. The number of pyridine rings is 1. The minimum Gasteiger partial charge on any atom is -0.436 e. The molecule has 156 valence electrons. The number of rotatable bonds is 2. The molecule has 0 N–H and O–H groups in total. The number of hydrogen-bond donors (Lipinski definition) is 0. The predicted molar refractivity (Wildman–Crippen MR) is 97.1 cm³/mol. The van der Waals surface area contributed by atoms with Gasteiger partial charge in [-0.25, -0.2) is 4.98 Å². The standard InChI is InChI=1S/C20H13F6N3O/c21-19(22,23)12-4-5-16-15(8-12)29-18(30-16)13-6-7-27-10-14(13)11-2-1-3-17(28-9-11)20(24,25)26/h1,3-8,10-11H,2,9H2. The van der Waals surface area contributed by atoms with Crippen molar-refractivity contribution in [2.75, 3.05) is 6.54 Å². The topological polar surface area (TPSA) is 51.3 Å². The molecule has 3 heterocycles. The summed E-state index contributed by atoms with van der Waals surface area (Å²) in [6, 6.07) is 4.53. The third kappa shape index (κ3) is 3.94. The molecule has 1 aromatic carbocycles. The lowest BCUT2D eigenvalue weighted by molar-refractivity contribution is -0.137. The maximum absolute atomic E-state index is 12.9. The van der Waals surface area contributed by atoms with Crippen LogP contribution < -0.4 is 0 Å². The zero-order chi connectivity index (χ0) is 21.5. The molecule has 0 saturated carbocycles. The monoisotopic (exact) mass is 425 g/mol. The van der Waals surface area contributed by atoms with Crippen LogP contribution >= 0.6 is 0 Å². The van der Waals surface area contributed by atoms with Crippen molar-refractivity contribution in [3.8, 4) is 11.5 Å². The number of aliphatic imine (C=N–C) groups is 1. The molecule has 2 aromatic heterocycles. The van der Waals surface area contributed by atoms with Crippen molar-refractivity contribution in [2.24, 2.45) is 4.99 Å². The van der Waals surface area contributed by atoms with Crippen LogP contribution in [0.1, 0.15) is 23.5 Å². The second kappa shape index (κ2) is 7.26. The van der Waals surface area contributed by atoms with E-state index in [1.807, 2.05) is 0 Å². The van der Waals surface area contributed by atoms with Crippen LogP contribution in [0.5, 0.6) is 0 Å². The summed E-state index contributed by atoms with van der Waals surface area (Å²) < 4.78 is 83.2. The van der Waals surface area contributed by atoms with Crippen LogP contribution in [0.15, 0.2) is 58.2 Å². The van der Waals surface area contributed by atoms with Gasteiger partial charge in [0.25, 0.3) is 0 Å². The van der Waals surface area contributed by atoms with Crippen LogP contribution in [0, 0.1) is 0 Å². The number of benzene rings is 1. The molecule has 0 radical (unpaired) electrons. The number of aromatic nitrogens is 2. The molecule has 3 aromatic rings. The molecule has 4 rings (SSSR count). The first-order chi connectivity index (χ1) is 14.1. The van der Waals surface area contributed by atoms with Crippen LogP contribution in [0.4, 0.5) is 26.3 Å². The van der Waals surface area contributed by atoms with E-state index in [1.54, 1.807) is 6.07 Å². The molecule has 1 unspecified atom stereocenters. The van der Waals surface area contributed by atoms with Gasteiger partial charge >= 0.3 is 12.4 Å². The van der Waals surface area contributed by atoms with Gasteiger partial charge < -0.3 is 4.42 Å². The van der Waals surface area contributed by atoms with Crippen LogP contribution in [-0.2, 0) is 6.18 Å². The maximum atomic E-state index is 12.9. The van der Waals surface area contributed by atoms with Gasteiger partial charge in [-0.15, -0.1) is 0 Å². The van der Waals surface area contributed by atoms with Crippen LogP contribution in [0.3, 0.4) is 0 Å². The fourth-order valence-electron chi connectivity index (χ4n) is 3.23. The van der Waals surface area contributed by atoms with E-state index in [0.717, 1.165) is 18.2 Å². The molecule has 0 amide bonds. The average molecular weight is 425 g/mol. The number of allylic oxidation sites excluding steroid dienone is 2. The van der Waals surface area contributed by atoms with Gasteiger partial charge in [0, 0.05) is 30.4 Å². The van der Waals surface area contributed by atoms with E-state index >= 15 is 0 Å². The summed E-state index contributed by atoms with van der Waals surface area (Å²) in [4.78, 5) is 11.9. The van der Waals surface area contributed by atoms with Gasteiger partial charge in [-0.05, 0) is 42.3 Å². The summed E-state index contributed by atoms with van der Waals surface area (Å²) in [5, 5.41) is 0. The predicted octanol–water partition coefficient (Wildman–Crippen LogP) is 5.96. The quantitative estimate of drug-likeness (QED) is 0.477. The summed E-state index contributed by atoms with van der Waals surface area (Å²) in [5.41, 5.74) is -0.625. The molecule has 30 heavy (non-hydrogen) atoms. The molecule has 0 saturated heterocycles. The Morgan fingerprint density at radius 3 is 2.53 bits per heavy atom. The molecule has 1 aliphatic rings. The van der Waals surface area contributed by atoms with Crippen LogP contribution in [0.2, 0.25) is 0 Å². The van der Waals surface area contributed by atoms with Crippen molar-refractivity contribution in [2.45, 2.75) is 24.7 Å². The molecule has 0 aliphatic carbocycles. The molecule has 0 fully saturated rings. The molecule has 10 heteroatoms. The number of alkyl halides is 6. The highest BCUT2D eigenvalue weighted by molar-refractivity contribution is 5.99. The Bertz CT molecular complexity index is 1140. The van der Waals surface area contributed by atoms with Gasteiger partial charge in [-0.1, -0.05) is 6.08 Å². The smallest absolute Gasteiger partial charge is 0.432 e. The molecular formula is C20H13F6N3O. The second-order valence-corrected chi connectivity index (χ2v) is 6.72. The zero-order valence-electron chi connectivity index (χ0n) is 15.1. The summed E-state index contributed by atoms with van der Waals surface area (Å²) >= 11 is 0. The Morgan fingerprint density at radius 2 is 1.80 bits per heavy atom. The highest BCUT2D eigenvalue weighted by atomic mass is 19.4. The van der Waals surface area contributed by atoms with Crippen molar-refractivity contribution < 1.29 is 30.8 Å². The van der Waals surface area contributed by atoms with Gasteiger partial charge in [0.2, 0.25) is 5.89 Å². The molecule has 1 aliphatic heterocycles. The lowest BCUT2D eigenvalue weighted by atomic mass is 9.93. The molecular weight excluding hydrogens is 412 g/mol. The van der Waals surface area contributed by atoms with E-state index in [-0.39, 0.29) is 30.0 Å². The highest BCUT2D eigenvalue weighted by Gasteiger charge is 2.35. The molecule has 0 bridgehead atoms. The Balaban J connectivity index is 1.72. The summed E-state index contributed by atoms with van der Waals surface area (Å²) in [6.07, 6.45) is -3.52. The van der Waals surface area contributed by atoms with Crippen molar-refractivity contribution in [3.63, 3.8) is 0 Å². The van der Waals surface area contributed by atoms with Gasteiger partial charge in [-0.3, -0.25) is 9.98 Å². The Morgan fingerprint density at radius 1 is 1.00 bits per heavy atom. The minimum absolute atomic E-state index is 0.0285. The lowest BCUT2D eigenvalue weighted by Crippen LogP contribution is -2.21.